The van der Waals surface area contributed by atoms with Gasteiger partial charge in [-0.3, -0.25) is 0 Å². The summed E-state index contributed by atoms with van der Waals surface area (Å²) >= 11 is 0. The molecule has 13 heavy (non-hydrogen) atoms. The molecule has 0 saturated carbocycles. The molecule has 0 unspecified atom stereocenters. The Bertz CT molecular complexity index is 59.2. The number of unbranched alkanes of at least 4 members (excludes halogenated alkanes) is 1. The summed E-state index contributed by atoms with van der Waals surface area (Å²) in [7, 11) is 0. The molecule has 0 atom stereocenters. The van der Waals surface area contributed by atoms with Crippen LogP contribution in [0.1, 0.15) is 33.6 Å². The van der Waals surface area contributed by atoms with Gasteiger partial charge in [-0.25, -0.2) is 0 Å². The average Bonchev–Trinajstić information content (AvgIpc) is 2.15. The van der Waals surface area contributed by atoms with Gasteiger partial charge < -0.3 is 14.6 Å². The summed E-state index contributed by atoms with van der Waals surface area (Å²) in [6.45, 7) is 9.20. The van der Waals surface area contributed by atoms with Crippen LogP contribution in [0.3, 0.4) is 0 Å². The van der Waals surface area contributed by atoms with Crippen LogP contribution in [0.5, 0.6) is 0 Å². The molecule has 0 aromatic carbocycles. The first-order valence-electron chi connectivity index (χ1n) is 5.09. The molecule has 0 amide bonds. The predicted octanol–water partition coefficient (Wildman–Crippen LogP) is 1.84. The van der Waals surface area contributed by atoms with E-state index in [0.717, 1.165) is 32.7 Å². The van der Waals surface area contributed by atoms with Crippen LogP contribution in [0.2, 0.25) is 0 Å². The van der Waals surface area contributed by atoms with Crippen molar-refractivity contribution in [2.24, 2.45) is 0 Å². The molecule has 0 spiro atoms. The third-order valence-corrected chi connectivity index (χ3v) is 1.29. The van der Waals surface area contributed by atoms with Crippen molar-refractivity contribution in [3.63, 3.8) is 0 Å². The lowest BCUT2D eigenvalue weighted by Gasteiger charge is -1.97. The SMILES string of the molecule is CCCCOCCO.CCOCC. The number of aliphatic hydroxyl groups excluding tert-OH is 1. The fourth-order valence-electron chi connectivity index (χ4n) is 0.617. The highest BCUT2D eigenvalue weighted by molar-refractivity contribution is 4.30. The third kappa shape index (κ3) is 24.5. The van der Waals surface area contributed by atoms with Crippen molar-refractivity contribution in [1.29, 1.82) is 0 Å². The van der Waals surface area contributed by atoms with Gasteiger partial charge in [0.2, 0.25) is 0 Å². The van der Waals surface area contributed by atoms with Gasteiger partial charge in [0.1, 0.15) is 0 Å². The second-order valence-corrected chi connectivity index (χ2v) is 2.47. The first kappa shape index (κ1) is 15.4. The van der Waals surface area contributed by atoms with Gasteiger partial charge in [0.25, 0.3) is 0 Å². The molecule has 0 saturated heterocycles. The van der Waals surface area contributed by atoms with Crippen LogP contribution in [0, 0.1) is 0 Å². The molecule has 0 fully saturated rings. The van der Waals surface area contributed by atoms with Crippen LogP contribution >= 0.6 is 0 Å². The quantitative estimate of drug-likeness (QED) is 0.625. The van der Waals surface area contributed by atoms with E-state index in [1.165, 1.54) is 0 Å². The number of hydrogen-bond acceptors (Lipinski definition) is 3. The Labute approximate surface area is 82.1 Å². The molecule has 1 N–H and O–H groups in total. The summed E-state index contributed by atoms with van der Waals surface area (Å²) in [6, 6.07) is 0. The van der Waals surface area contributed by atoms with Crippen molar-refractivity contribution in [3.8, 4) is 0 Å². The van der Waals surface area contributed by atoms with Gasteiger partial charge in [0.15, 0.2) is 0 Å². The highest BCUT2D eigenvalue weighted by Gasteiger charge is 1.82. The summed E-state index contributed by atoms with van der Waals surface area (Å²) in [4.78, 5) is 0. The Morgan fingerprint density at radius 2 is 1.54 bits per heavy atom. The van der Waals surface area contributed by atoms with Gasteiger partial charge in [-0.15, -0.1) is 0 Å². The molecule has 0 aromatic rings. The maximum absolute atomic E-state index is 8.24. The van der Waals surface area contributed by atoms with Gasteiger partial charge in [-0.2, -0.15) is 0 Å². The molecule has 0 radical (unpaired) electrons. The Morgan fingerprint density at radius 3 is 1.85 bits per heavy atom. The summed E-state index contributed by atoms with van der Waals surface area (Å²) < 4.78 is 9.81. The Morgan fingerprint density at radius 1 is 0.923 bits per heavy atom. The second-order valence-electron chi connectivity index (χ2n) is 2.47. The van der Waals surface area contributed by atoms with Crippen molar-refractivity contribution in [2.75, 3.05) is 33.0 Å². The lowest BCUT2D eigenvalue weighted by atomic mass is 10.4. The Hall–Kier alpha value is -0.120. The minimum Gasteiger partial charge on any atom is -0.394 e. The van der Waals surface area contributed by atoms with Gasteiger partial charge in [0, 0.05) is 19.8 Å². The molecule has 0 aliphatic rings. The summed E-state index contributed by atoms with van der Waals surface area (Å²) in [5.41, 5.74) is 0. The van der Waals surface area contributed by atoms with Gasteiger partial charge in [-0.05, 0) is 20.3 Å². The van der Waals surface area contributed by atoms with E-state index in [-0.39, 0.29) is 6.61 Å². The van der Waals surface area contributed by atoms with E-state index < -0.39 is 0 Å². The third-order valence-electron chi connectivity index (χ3n) is 1.29. The average molecular weight is 192 g/mol. The molecule has 3 heteroatoms. The summed E-state index contributed by atoms with van der Waals surface area (Å²) in [5, 5.41) is 8.24. The van der Waals surface area contributed by atoms with Crippen molar-refractivity contribution in [2.45, 2.75) is 33.6 Å². The number of aliphatic hydroxyl groups is 1. The van der Waals surface area contributed by atoms with Gasteiger partial charge in [-0.1, -0.05) is 13.3 Å². The first-order valence-corrected chi connectivity index (χ1v) is 5.09. The fourth-order valence-corrected chi connectivity index (χ4v) is 0.617. The van der Waals surface area contributed by atoms with E-state index in [0.29, 0.717) is 6.61 Å². The zero-order chi connectivity index (χ0) is 10.4. The number of ether oxygens (including phenoxy) is 2. The van der Waals surface area contributed by atoms with E-state index in [9.17, 15) is 0 Å². The number of hydrogen-bond donors (Lipinski definition) is 1. The Kier molecular flexibility index (Phi) is 21.1. The fraction of sp³-hybridized carbons (Fsp3) is 1.00. The molecule has 82 valence electrons. The van der Waals surface area contributed by atoms with Gasteiger partial charge in [0.05, 0.1) is 13.2 Å². The summed E-state index contributed by atoms with van der Waals surface area (Å²) in [6.07, 6.45) is 2.26. The lowest BCUT2D eigenvalue weighted by Crippen LogP contribution is -1.99. The summed E-state index contributed by atoms with van der Waals surface area (Å²) in [5.74, 6) is 0. The smallest absolute Gasteiger partial charge is 0.0697 e. The van der Waals surface area contributed by atoms with Crippen molar-refractivity contribution in [1.82, 2.24) is 0 Å². The molecular weight excluding hydrogens is 168 g/mol. The van der Waals surface area contributed by atoms with Crippen LogP contribution in [0.4, 0.5) is 0 Å². The molecule has 0 heterocycles. The standard InChI is InChI=1S/C6H14O2.C4H10O/c1-2-3-5-8-6-4-7;1-3-5-4-2/h7H,2-6H2,1H3;3-4H2,1-2H3. The van der Waals surface area contributed by atoms with Crippen molar-refractivity contribution in [3.05, 3.63) is 0 Å². The van der Waals surface area contributed by atoms with Crippen LogP contribution in [0.25, 0.3) is 0 Å². The zero-order valence-corrected chi connectivity index (χ0v) is 9.21. The van der Waals surface area contributed by atoms with Crippen LogP contribution in [0.15, 0.2) is 0 Å². The minimum absolute atomic E-state index is 0.143. The molecule has 3 nitrogen and oxygen atoms in total. The van der Waals surface area contributed by atoms with Crippen molar-refractivity contribution < 1.29 is 14.6 Å². The number of rotatable bonds is 7. The van der Waals surface area contributed by atoms with E-state index in [1.54, 1.807) is 0 Å². The highest BCUT2D eigenvalue weighted by atomic mass is 16.5. The molecule has 0 rings (SSSR count). The Balaban J connectivity index is 0. The molecular formula is C10H24O3. The highest BCUT2D eigenvalue weighted by Crippen LogP contribution is 1.85. The predicted molar refractivity (Wildman–Crippen MR) is 55.0 cm³/mol. The molecule has 0 aliphatic carbocycles. The lowest BCUT2D eigenvalue weighted by molar-refractivity contribution is 0.0904. The molecule has 0 aromatic heterocycles. The topological polar surface area (TPSA) is 38.7 Å². The maximum Gasteiger partial charge on any atom is 0.0697 e. The normalized spacial score (nSPS) is 9.23. The second kappa shape index (κ2) is 17.8. The largest absolute Gasteiger partial charge is 0.394 e. The van der Waals surface area contributed by atoms with E-state index in [4.69, 9.17) is 14.6 Å². The van der Waals surface area contributed by atoms with E-state index in [1.807, 2.05) is 13.8 Å². The van der Waals surface area contributed by atoms with Gasteiger partial charge >= 0.3 is 0 Å². The first-order chi connectivity index (χ1) is 6.33. The maximum atomic E-state index is 8.24. The van der Waals surface area contributed by atoms with E-state index >= 15 is 0 Å². The van der Waals surface area contributed by atoms with E-state index in [2.05, 4.69) is 6.92 Å². The van der Waals surface area contributed by atoms with Crippen LogP contribution in [-0.4, -0.2) is 38.1 Å². The van der Waals surface area contributed by atoms with Crippen LogP contribution in [-0.2, 0) is 9.47 Å². The molecule has 0 bridgehead atoms. The zero-order valence-electron chi connectivity index (χ0n) is 9.21. The monoisotopic (exact) mass is 192 g/mol. The molecule has 0 aliphatic heterocycles. The van der Waals surface area contributed by atoms with Crippen LogP contribution < -0.4 is 0 Å². The van der Waals surface area contributed by atoms with Crippen molar-refractivity contribution >= 4 is 0 Å². The minimum atomic E-state index is 0.143.